The van der Waals surface area contributed by atoms with Gasteiger partial charge in [-0.25, -0.2) is 9.97 Å². The topological polar surface area (TPSA) is 76.4 Å². The highest BCUT2D eigenvalue weighted by atomic mass is 16.2. The maximum absolute atomic E-state index is 13.0. The monoisotopic (exact) mass is 392 g/mol. The van der Waals surface area contributed by atoms with Crippen molar-refractivity contribution in [3.8, 4) is 6.07 Å². The van der Waals surface area contributed by atoms with Crippen molar-refractivity contribution in [3.05, 3.63) is 52.5 Å². The fourth-order valence-corrected chi connectivity index (χ4v) is 3.63. The van der Waals surface area contributed by atoms with Crippen molar-refractivity contribution in [2.75, 3.05) is 39.1 Å². The zero-order valence-electron chi connectivity index (χ0n) is 17.8. The summed E-state index contributed by atoms with van der Waals surface area (Å²) < 4.78 is 0. The van der Waals surface area contributed by atoms with Gasteiger partial charge in [0.15, 0.2) is 0 Å². The van der Waals surface area contributed by atoms with Crippen LogP contribution in [0, 0.1) is 25.2 Å². The minimum atomic E-state index is -0.222. The highest BCUT2D eigenvalue weighted by molar-refractivity contribution is 5.90. The maximum atomic E-state index is 13.0. The van der Waals surface area contributed by atoms with Crippen LogP contribution in [0.4, 0.5) is 5.82 Å². The molecule has 1 atom stereocenters. The Morgan fingerprint density at radius 3 is 2.69 bits per heavy atom. The summed E-state index contributed by atoms with van der Waals surface area (Å²) in [6.07, 6.45) is 1.08. The molecule has 0 radical (unpaired) electrons. The molecule has 29 heavy (non-hydrogen) atoms. The number of nitriles is 1. The molecule has 2 heterocycles. The molecular weight excluding hydrogens is 364 g/mol. The van der Waals surface area contributed by atoms with E-state index in [1.54, 1.807) is 24.1 Å². The van der Waals surface area contributed by atoms with Gasteiger partial charge in [-0.1, -0.05) is 12.1 Å². The van der Waals surface area contributed by atoms with Crippen molar-refractivity contribution in [2.45, 2.75) is 32.9 Å². The first kappa shape index (κ1) is 20.7. The second-order valence-electron chi connectivity index (χ2n) is 7.91. The highest BCUT2D eigenvalue weighted by Crippen LogP contribution is 2.25. The number of carbonyl (C=O) groups is 1. The number of nitrogens with zero attached hydrogens (tertiary/aromatic N) is 6. The molecule has 0 aliphatic carbocycles. The Morgan fingerprint density at radius 1 is 1.28 bits per heavy atom. The average molecular weight is 393 g/mol. The summed E-state index contributed by atoms with van der Waals surface area (Å²) in [6, 6.07) is 9.89. The van der Waals surface area contributed by atoms with Crippen LogP contribution in [0.25, 0.3) is 0 Å². The number of carbonyl (C=O) groups excluding carboxylic acids is 1. The van der Waals surface area contributed by atoms with Crippen molar-refractivity contribution < 1.29 is 4.79 Å². The van der Waals surface area contributed by atoms with Crippen LogP contribution in [0.2, 0.25) is 0 Å². The number of hydrogen-bond donors (Lipinski definition) is 0. The number of aryl methyl sites for hydroxylation is 1. The molecule has 1 aromatic carbocycles. The van der Waals surface area contributed by atoms with E-state index in [2.05, 4.69) is 39.9 Å². The van der Waals surface area contributed by atoms with E-state index in [9.17, 15) is 4.79 Å². The predicted molar refractivity (Wildman–Crippen MR) is 113 cm³/mol. The molecule has 1 aliphatic rings. The van der Waals surface area contributed by atoms with Crippen LogP contribution in [-0.4, -0.2) is 65.9 Å². The highest BCUT2D eigenvalue weighted by Gasteiger charge is 2.28. The van der Waals surface area contributed by atoms with Gasteiger partial charge in [-0.2, -0.15) is 5.26 Å². The van der Waals surface area contributed by atoms with E-state index in [0.29, 0.717) is 18.2 Å². The van der Waals surface area contributed by atoms with Crippen LogP contribution in [0.1, 0.15) is 39.4 Å². The first-order valence-electron chi connectivity index (χ1n) is 9.81. The smallest absolute Gasteiger partial charge is 0.291 e. The number of anilines is 1. The lowest BCUT2D eigenvalue weighted by Gasteiger charge is -2.24. The number of rotatable bonds is 5. The van der Waals surface area contributed by atoms with Gasteiger partial charge >= 0.3 is 0 Å². The summed E-state index contributed by atoms with van der Waals surface area (Å²) in [6.45, 7) is 6.15. The third kappa shape index (κ3) is 4.54. The molecule has 7 heteroatoms. The van der Waals surface area contributed by atoms with E-state index >= 15 is 0 Å². The van der Waals surface area contributed by atoms with E-state index in [-0.39, 0.29) is 11.7 Å². The van der Waals surface area contributed by atoms with Crippen LogP contribution in [0.3, 0.4) is 0 Å². The molecular formula is C22H28N6O. The molecule has 0 N–H and O–H groups in total. The molecule has 0 saturated carbocycles. The van der Waals surface area contributed by atoms with Crippen molar-refractivity contribution in [2.24, 2.45) is 0 Å². The van der Waals surface area contributed by atoms with Gasteiger partial charge < -0.3 is 14.7 Å². The number of likely N-dealkylation sites (N-methyl/N-ethyl adjacent to an activating group) is 1. The number of hydrogen-bond acceptors (Lipinski definition) is 6. The summed E-state index contributed by atoms with van der Waals surface area (Å²) in [7, 11) is 5.92. The minimum absolute atomic E-state index is 0.218. The van der Waals surface area contributed by atoms with Crippen molar-refractivity contribution >= 4 is 11.7 Å². The second kappa shape index (κ2) is 8.58. The molecule has 1 amide bonds. The van der Waals surface area contributed by atoms with Crippen molar-refractivity contribution in [3.63, 3.8) is 0 Å². The molecule has 1 fully saturated rings. The Bertz CT molecular complexity index is 949. The lowest BCUT2D eigenvalue weighted by Crippen LogP contribution is -2.33. The molecule has 0 unspecified atom stereocenters. The first-order valence-corrected chi connectivity index (χ1v) is 9.81. The summed E-state index contributed by atoms with van der Waals surface area (Å²) in [4.78, 5) is 28.2. The second-order valence-corrected chi connectivity index (χ2v) is 7.91. The zero-order chi connectivity index (χ0) is 21.1. The average Bonchev–Trinajstić information content (AvgIpc) is 3.19. The molecule has 152 valence electrons. The van der Waals surface area contributed by atoms with Crippen LogP contribution in [0.5, 0.6) is 0 Å². The van der Waals surface area contributed by atoms with Crippen LogP contribution >= 0.6 is 0 Å². The Kier molecular flexibility index (Phi) is 6.14. The van der Waals surface area contributed by atoms with Gasteiger partial charge in [-0.05, 0) is 52.1 Å². The van der Waals surface area contributed by atoms with Crippen LogP contribution in [0.15, 0.2) is 24.3 Å². The van der Waals surface area contributed by atoms with E-state index in [4.69, 9.17) is 5.26 Å². The van der Waals surface area contributed by atoms with E-state index < -0.39 is 0 Å². The molecule has 3 rings (SSSR count). The predicted octanol–water partition coefficient (Wildman–Crippen LogP) is 2.38. The molecule has 1 saturated heterocycles. The Morgan fingerprint density at radius 2 is 2.03 bits per heavy atom. The van der Waals surface area contributed by atoms with Gasteiger partial charge in [0, 0.05) is 44.0 Å². The maximum Gasteiger partial charge on any atom is 0.291 e. The lowest BCUT2D eigenvalue weighted by atomic mass is 10.1. The number of benzene rings is 1. The lowest BCUT2D eigenvalue weighted by molar-refractivity contribution is 0.0772. The van der Waals surface area contributed by atoms with Gasteiger partial charge in [0.25, 0.3) is 5.91 Å². The van der Waals surface area contributed by atoms with Gasteiger partial charge in [0.2, 0.25) is 5.82 Å². The van der Waals surface area contributed by atoms with Gasteiger partial charge in [-0.3, -0.25) is 4.79 Å². The third-order valence-electron chi connectivity index (χ3n) is 5.57. The largest absolute Gasteiger partial charge is 0.355 e. The molecule has 1 aromatic heterocycles. The normalized spacial score (nSPS) is 16.2. The third-order valence-corrected chi connectivity index (χ3v) is 5.57. The SMILES string of the molecule is Cc1nc(C(=O)N(C)Cc2cccc(C#N)c2)nc(N2CC[C@@H](N(C)C)C2)c1C. The summed E-state index contributed by atoms with van der Waals surface area (Å²) in [5.41, 5.74) is 3.33. The Labute approximate surface area is 172 Å². The van der Waals surface area contributed by atoms with Crippen molar-refractivity contribution in [1.82, 2.24) is 19.8 Å². The summed E-state index contributed by atoms with van der Waals surface area (Å²) in [5.74, 6) is 0.848. The quantitative estimate of drug-likeness (QED) is 0.778. The van der Waals surface area contributed by atoms with Crippen LogP contribution in [-0.2, 0) is 6.54 Å². The minimum Gasteiger partial charge on any atom is -0.355 e. The van der Waals surface area contributed by atoms with Crippen LogP contribution < -0.4 is 4.90 Å². The van der Waals surface area contributed by atoms with E-state index in [1.807, 2.05) is 26.0 Å². The van der Waals surface area contributed by atoms with E-state index in [1.165, 1.54) is 0 Å². The van der Waals surface area contributed by atoms with E-state index in [0.717, 1.165) is 42.1 Å². The molecule has 1 aliphatic heterocycles. The number of amides is 1. The van der Waals surface area contributed by atoms with Gasteiger partial charge in [0.05, 0.1) is 11.6 Å². The molecule has 7 nitrogen and oxygen atoms in total. The molecule has 2 aromatic rings. The summed E-state index contributed by atoms with van der Waals surface area (Å²) >= 11 is 0. The Hall–Kier alpha value is -2.98. The zero-order valence-corrected chi connectivity index (χ0v) is 17.8. The Balaban J connectivity index is 1.82. The summed E-state index contributed by atoms with van der Waals surface area (Å²) in [5, 5.41) is 9.07. The van der Waals surface area contributed by atoms with Gasteiger partial charge in [0.1, 0.15) is 5.82 Å². The fraction of sp³-hybridized carbons (Fsp3) is 0.455. The first-order chi connectivity index (χ1) is 13.8. The molecule has 0 spiro atoms. The standard InChI is InChI=1S/C22H28N6O/c1-15-16(2)24-20(25-21(15)28-10-9-19(14-28)26(3)4)22(29)27(5)13-18-8-6-7-17(11-18)12-23/h6-8,11,19H,9-10,13-14H2,1-5H3/t19-/m1/s1. The fourth-order valence-electron chi connectivity index (χ4n) is 3.63. The van der Waals surface area contributed by atoms with Crippen molar-refractivity contribution in [1.29, 1.82) is 5.26 Å². The van der Waals surface area contributed by atoms with Gasteiger partial charge in [-0.15, -0.1) is 0 Å². The molecule has 0 bridgehead atoms. The number of aromatic nitrogens is 2.